The smallest absolute Gasteiger partial charge is 0.279 e. The number of rotatable bonds is 8. The predicted molar refractivity (Wildman–Crippen MR) is 117 cm³/mol. The van der Waals surface area contributed by atoms with E-state index < -0.39 is 0 Å². The van der Waals surface area contributed by atoms with E-state index in [-0.39, 0.29) is 11.8 Å². The van der Waals surface area contributed by atoms with Gasteiger partial charge in [-0.1, -0.05) is 25.1 Å². The number of amides is 2. The minimum Gasteiger partial charge on any atom is -0.497 e. The molecule has 0 atom stereocenters. The Morgan fingerprint density at radius 1 is 0.867 bits per heavy atom. The van der Waals surface area contributed by atoms with E-state index in [0.29, 0.717) is 13.1 Å². The molecule has 4 N–H and O–H groups in total. The number of nitrogens with one attached hydrogen (secondary N) is 4. The summed E-state index contributed by atoms with van der Waals surface area (Å²) < 4.78 is 5.13. The van der Waals surface area contributed by atoms with Gasteiger partial charge in [0.15, 0.2) is 13.1 Å². The minimum atomic E-state index is 0.00697. The average Bonchev–Trinajstić information content (AvgIpc) is 2.76. The van der Waals surface area contributed by atoms with Crippen LogP contribution in [0.1, 0.15) is 12.5 Å². The van der Waals surface area contributed by atoms with Gasteiger partial charge in [0.05, 0.1) is 7.11 Å². The largest absolute Gasteiger partial charge is 0.497 e. The van der Waals surface area contributed by atoms with Crippen LogP contribution in [0.4, 0.5) is 11.4 Å². The average molecular weight is 413 g/mol. The van der Waals surface area contributed by atoms with Crippen molar-refractivity contribution < 1.29 is 24.1 Å². The van der Waals surface area contributed by atoms with Crippen molar-refractivity contribution in [3.05, 3.63) is 54.1 Å². The fourth-order valence-electron chi connectivity index (χ4n) is 3.79. The highest BCUT2D eigenvalue weighted by Crippen LogP contribution is 2.15. The molecule has 0 aliphatic carbocycles. The molecule has 0 unspecified atom stereocenters. The summed E-state index contributed by atoms with van der Waals surface area (Å²) in [5, 5.41) is 5.98. The number of piperazine rings is 1. The van der Waals surface area contributed by atoms with Crippen molar-refractivity contribution in [3.63, 3.8) is 0 Å². The number of hydrogen-bond acceptors (Lipinski definition) is 3. The maximum absolute atomic E-state index is 12.4. The van der Waals surface area contributed by atoms with E-state index in [1.165, 1.54) is 9.80 Å². The highest BCUT2D eigenvalue weighted by molar-refractivity contribution is 5.92. The summed E-state index contributed by atoms with van der Waals surface area (Å²) in [6, 6.07) is 15.3. The molecule has 2 aromatic carbocycles. The summed E-state index contributed by atoms with van der Waals surface area (Å²) in [4.78, 5) is 27.3. The zero-order valence-corrected chi connectivity index (χ0v) is 17.8. The second kappa shape index (κ2) is 10.8. The fraction of sp³-hybridized carbons (Fsp3) is 0.391. The van der Waals surface area contributed by atoms with Crippen molar-refractivity contribution in [1.82, 2.24) is 0 Å². The summed E-state index contributed by atoms with van der Waals surface area (Å²) in [6.45, 7) is 6.51. The van der Waals surface area contributed by atoms with Gasteiger partial charge in [-0.2, -0.15) is 0 Å². The first-order chi connectivity index (χ1) is 14.6. The first kappa shape index (κ1) is 21.8. The normalized spacial score (nSPS) is 18.5. The molecule has 2 amide bonds. The van der Waals surface area contributed by atoms with Crippen molar-refractivity contribution in [2.24, 2.45) is 0 Å². The van der Waals surface area contributed by atoms with E-state index >= 15 is 0 Å². The van der Waals surface area contributed by atoms with Crippen molar-refractivity contribution in [2.45, 2.75) is 13.3 Å². The van der Waals surface area contributed by atoms with E-state index in [1.807, 2.05) is 48.5 Å². The molecule has 7 heteroatoms. The number of ether oxygens (including phenoxy) is 1. The van der Waals surface area contributed by atoms with Gasteiger partial charge in [-0.3, -0.25) is 9.59 Å². The highest BCUT2D eigenvalue weighted by atomic mass is 16.5. The van der Waals surface area contributed by atoms with Gasteiger partial charge in [0.2, 0.25) is 0 Å². The number of para-hydroxylation sites is 1. The molecule has 0 radical (unpaired) electrons. The number of quaternary nitrogens is 2. The van der Waals surface area contributed by atoms with Gasteiger partial charge in [-0.05, 0) is 42.3 Å². The summed E-state index contributed by atoms with van der Waals surface area (Å²) >= 11 is 0. The van der Waals surface area contributed by atoms with Crippen LogP contribution in [0.2, 0.25) is 0 Å². The quantitative estimate of drug-likeness (QED) is 0.478. The van der Waals surface area contributed by atoms with Crippen molar-refractivity contribution in [2.75, 3.05) is 57.0 Å². The maximum Gasteiger partial charge on any atom is 0.279 e. The topological polar surface area (TPSA) is 76.3 Å². The lowest BCUT2D eigenvalue weighted by Gasteiger charge is -2.29. The van der Waals surface area contributed by atoms with E-state index in [2.05, 4.69) is 17.6 Å². The van der Waals surface area contributed by atoms with Crippen molar-refractivity contribution >= 4 is 23.2 Å². The molecular weight excluding hydrogens is 380 g/mol. The second-order valence-electron chi connectivity index (χ2n) is 7.69. The van der Waals surface area contributed by atoms with E-state index in [1.54, 1.807) is 7.11 Å². The molecule has 7 nitrogen and oxygen atoms in total. The van der Waals surface area contributed by atoms with Gasteiger partial charge >= 0.3 is 0 Å². The summed E-state index contributed by atoms with van der Waals surface area (Å²) in [6.07, 6.45) is 0.893. The Kier molecular flexibility index (Phi) is 7.82. The van der Waals surface area contributed by atoms with Crippen molar-refractivity contribution in [1.29, 1.82) is 0 Å². The molecule has 30 heavy (non-hydrogen) atoms. The van der Waals surface area contributed by atoms with Gasteiger partial charge in [-0.15, -0.1) is 0 Å². The summed E-state index contributed by atoms with van der Waals surface area (Å²) in [5.41, 5.74) is 2.83. The third-order valence-electron chi connectivity index (χ3n) is 5.53. The van der Waals surface area contributed by atoms with Crippen LogP contribution in [-0.2, 0) is 16.0 Å². The Hall–Kier alpha value is -2.90. The molecule has 3 rings (SSSR count). The Balaban J connectivity index is 1.39. The molecule has 2 aromatic rings. The molecule has 1 saturated heterocycles. The van der Waals surface area contributed by atoms with E-state index in [4.69, 9.17) is 4.74 Å². The van der Waals surface area contributed by atoms with Crippen LogP contribution in [0.5, 0.6) is 5.75 Å². The molecule has 1 fully saturated rings. The van der Waals surface area contributed by atoms with Gasteiger partial charge in [0.25, 0.3) is 11.8 Å². The molecule has 0 bridgehead atoms. The summed E-state index contributed by atoms with van der Waals surface area (Å²) in [7, 11) is 1.62. The van der Waals surface area contributed by atoms with Crippen LogP contribution < -0.4 is 25.2 Å². The molecule has 1 aliphatic heterocycles. The van der Waals surface area contributed by atoms with Crippen LogP contribution in [0, 0.1) is 0 Å². The first-order valence-electron chi connectivity index (χ1n) is 10.6. The van der Waals surface area contributed by atoms with Crippen LogP contribution in [0.15, 0.2) is 48.5 Å². The lowest BCUT2D eigenvalue weighted by atomic mass is 10.1. The van der Waals surface area contributed by atoms with Gasteiger partial charge in [-0.25, -0.2) is 0 Å². The second-order valence-corrected chi connectivity index (χ2v) is 7.69. The third kappa shape index (κ3) is 6.30. The highest BCUT2D eigenvalue weighted by Gasteiger charge is 2.26. The SMILES string of the molecule is CCc1ccccc1NC(=O)C[NH+]1CC[NH+](CC(=O)Nc2ccc(OC)cc2)CC1. The molecule has 0 saturated carbocycles. The molecule has 1 heterocycles. The number of anilines is 2. The monoisotopic (exact) mass is 412 g/mol. The lowest BCUT2D eigenvalue weighted by Crippen LogP contribution is -3.28. The molecule has 160 valence electrons. The first-order valence-corrected chi connectivity index (χ1v) is 10.6. The zero-order valence-electron chi connectivity index (χ0n) is 17.8. The molecule has 1 aliphatic rings. The number of hydrogen-bond donors (Lipinski definition) is 4. The number of carbonyl (C=O) groups is 2. The standard InChI is InChI=1S/C23H30N4O3/c1-3-18-6-4-5-7-21(18)25-23(29)17-27-14-12-26(13-15-27)16-22(28)24-19-8-10-20(30-2)11-9-19/h4-11H,3,12-17H2,1-2H3,(H,24,28)(H,25,29)/p+2. The number of benzene rings is 2. The summed E-state index contributed by atoms with van der Waals surface area (Å²) in [5.74, 6) is 0.819. The van der Waals surface area contributed by atoms with Gasteiger partial charge in [0.1, 0.15) is 31.9 Å². The molecule has 0 aromatic heterocycles. The zero-order chi connectivity index (χ0) is 21.3. The van der Waals surface area contributed by atoms with Gasteiger partial charge < -0.3 is 25.2 Å². The lowest BCUT2D eigenvalue weighted by molar-refractivity contribution is -1.00. The number of methoxy groups -OCH3 is 1. The molecule has 0 spiro atoms. The predicted octanol–water partition coefficient (Wildman–Crippen LogP) is -0.382. The van der Waals surface area contributed by atoms with Gasteiger partial charge in [0, 0.05) is 11.4 Å². The van der Waals surface area contributed by atoms with Crippen LogP contribution in [0.3, 0.4) is 0 Å². The van der Waals surface area contributed by atoms with Crippen molar-refractivity contribution in [3.8, 4) is 5.75 Å². The Morgan fingerprint density at radius 3 is 2.00 bits per heavy atom. The van der Waals surface area contributed by atoms with E-state index in [0.717, 1.165) is 55.3 Å². The fourth-order valence-corrected chi connectivity index (χ4v) is 3.79. The van der Waals surface area contributed by atoms with Crippen LogP contribution >= 0.6 is 0 Å². The Bertz CT molecular complexity index is 846. The Labute approximate surface area is 178 Å². The van der Waals surface area contributed by atoms with Crippen LogP contribution in [-0.4, -0.2) is 58.2 Å². The Morgan fingerprint density at radius 2 is 1.43 bits per heavy atom. The number of aryl methyl sites for hydroxylation is 1. The van der Waals surface area contributed by atoms with E-state index in [9.17, 15) is 9.59 Å². The van der Waals surface area contributed by atoms with Crippen LogP contribution in [0.25, 0.3) is 0 Å². The maximum atomic E-state index is 12.4. The third-order valence-corrected chi connectivity index (χ3v) is 5.53. The molecular formula is C23H32N4O3+2. The minimum absolute atomic E-state index is 0.00697. The number of carbonyl (C=O) groups excluding carboxylic acids is 2.